The highest BCUT2D eigenvalue weighted by Crippen LogP contribution is 2.12. The number of aromatic hydroxyl groups is 2. The van der Waals surface area contributed by atoms with Crippen LogP contribution < -0.4 is 0 Å². The summed E-state index contributed by atoms with van der Waals surface area (Å²) >= 11 is 0. The van der Waals surface area contributed by atoms with E-state index in [4.69, 9.17) is 10.2 Å². The molecule has 0 amide bonds. The quantitative estimate of drug-likeness (QED) is 0.734. The third kappa shape index (κ3) is 5.02. The minimum Gasteiger partial charge on any atom is -0.508 e. The summed E-state index contributed by atoms with van der Waals surface area (Å²) in [5.74, 6) is 0.736. The largest absolute Gasteiger partial charge is 0.508 e. The van der Waals surface area contributed by atoms with E-state index in [1.54, 1.807) is 12.1 Å². The fourth-order valence-corrected chi connectivity index (χ4v) is 1.13. The van der Waals surface area contributed by atoms with Gasteiger partial charge in [-0.3, -0.25) is 4.70 Å². The predicted octanol–water partition coefficient (Wildman–Crippen LogP) is 3.55. The molecule has 2 nitrogen and oxygen atoms in total. The molecule has 3 heteroatoms. The van der Waals surface area contributed by atoms with Crippen LogP contribution in [0.15, 0.2) is 48.5 Å². The zero-order valence-corrected chi connectivity index (χ0v) is 9.92. The summed E-state index contributed by atoms with van der Waals surface area (Å²) in [7, 11) is 0. The molecule has 2 aromatic carbocycles. The number of para-hydroxylation sites is 2. The van der Waals surface area contributed by atoms with Gasteiger partial charge in [-0.15, -0.1) is 0 Å². The lowest BCUT2D eigenvalue weighted by Gasteiger charge is -1.92. The molecule has 0 aliphatic carbocycles. The molecule has 0 aliphatic rings. The molecular formula is C14H17FO2. The lowest BCUT2D eigenvalue weighted by molar-refractivity contribution is 0.470. The average molecular weight is 236 g/mol. The molecule has 2 rings (SSSR count). The molecule has 2 N–H and O–H groups in total. The van der Waals surface area contributed by atoms with E-state index < -0.39 is 0 Å². The molecule has 92 valence electrons. The molecule has 0 radical (unpaired) electrons. The first-order valence-corrected chi connectivity index (χ1v) is 5.10. The van der Waals surface area contributed by atoms with E-state index in [9.17, 15) is 0 Å². The van der Waals surface area contributed by atoms with Crippen molar-refractivity contribution in [1.29, 1.82) is 0 Å². The number of phenolic OH excluding ortho intramolecular Hbond substituents is 2. The summed E-state index contributed by atoms with van der Waals surface area (Å²) in [5.41, 5.74) is 1.85. The molecule has 0 atom stereocenters. The van der Waals surface area contributed by atoms with E-state index in [0.717, 1.165) is 11.1 Å². The number of benzene rings is 2. The van der Waals surface area contributed by atoms with E-state index in [2.05, 4.69) is 0 Å². The molecule has 0 unspecified atom stereocenters. The Bertz CT molecular complexity index is 370. The summed E-state index contributed by atoms with van der Waals surface area (Å²) in [6.07, 6.45) is 0. The molecule has 0 spiro atoms. The molecule has 0 saturated heterocycles. The molecule has 17 heavy (non-hydrogen) atoms. The molecule has 0 heterocycles. The zero-order valence-electron chi connectivity index (χ0n) is 9.92. The van der Waals surface area contributed by atoms with Crippen LogP contribution in [0.1, 0.15) is 11.1 Å². The Kier molecular flexibility index (Phi) is 6.41. The Labute approximate surface area is 101 Å². The van der Waals surface area contributed by atoms with Crippen molar-refractivity contribution in [1.82, 2.24) is 0 Å². The van der Waals surface area contributed by atoms with Gasteiger partial charge in [-0.05, 0) is 37.1 Å². The van der Waals surface area contributed by atoms with Gasteiger partial charge in [-0.2, -0.15) is 0 Å². The fourth-order valence-electron chi connectivity index (χ4n) is 1.13. The number of hydrogen-bond donors (Lipinski definition) is 2. The van der Waals surface area contributed by atoms with Crippen molar-refractivity contribution >= 4 is 0 Å². The van der Waals surface area contributed by atoms with Crippen molar-refractivity contribution in [3.8, 4) is 11.5 Å². The summed E-state index contributed by atoms with van der Waals surface area (Å²) in [6.45, 7) is 3.74. The predicted molar refractivity (Wildman–Crippen MR) is 68.2 cm³/mol. The van der Waals surface area contributed by atoms with Crippen LogP contribution in [0.5, 0.6) is 11.5 Å². The fraction of sp³-hybridized carbons (Fsp3) is 0.143. The first kappa shape index (κ1) is 15.0. The number of hydrogen-bond acceptors (Lipinski definition) is 2. The Morgan fingerprint density at radius 3 is 1.12 bits per heavy atom. The van der Waals surface area contributed by atoms with Gasteiger partial charge in [0.25, 0.3) is 0 Å². The number of halogens is 1. The number of phenols is 2. The molecule has 0 aromatic heterocycles. The van der Waals surface area contributed by atoms with Crippen molar-refractivity contribution in [3.05, 3.63) is 59.7 Å². The third-order valence-electron chi connectivity index (χ3n) is 2.23. The van der Waals surface area contributed by atoms with Crippen LogP contribution in [0.2, 0.25) is 0 Å². The van der Waals surface area contributed by atoms with Crippen LogP contribution in [0.25, 0.3) is 0 Å². The van der Waals surface area contributed by atoms with Crippen LogP contribution in [0, 0.1) is 13.8 Å². The number of rotatable bonds is 0. The van der Waals surface area contributed by atoms with Crippen molar-refractivity contribution in [2.45, 2.75) is 13.8 Å². The molecule has 0 saturated carbocycles. The molecule has 0 fully saturated rings. The highest BCUT2D eigenvalue weighted by molar-refractivity contribution is 5.30. The van der Waals surface area contributed by atoms with Gasteiger partial charge in [0.2, 0.25) is 0 Å². The van der Waals surface area contributed by atoms with Crippen molar-refractivity contribution in [3.63, 3.8) is 0 Å². The van der Waals surface area contributed by atoms with Gasteiger partial charge < -0.3 is 10.2 Å². The lowest BCUT2D eigenvalue weighted by atomic mass is 10.2. The minimum absolute atomic E-state index is 0. The van der Waals surface area contributed by atoms with E-state index in [-0.39, 0.29) is 4.70 Å². The summed E-state index contributed by atoms with van der Waals surface area (Å²) in [5, 5.41) is 17.8. The van der Waals surface area contributed by atoms with E-state index in [1.807, 2.05) is 50.2 Å². The maximum Gasteiger partial charge on any atom is 0.118 e. The van der Waals surface area contributed by atoms with Gasteiger partial charge in [0.05, 0.1) is 0 Å². The van der Waals surface area contributed by atoms with Gasteiger partial charge in [-0.25, -0.2) is 0 Å². The second kappa shape index (κ2) is 7.28. The Morgan fingerprint density at radius 1 is 0.647 bits per heavy atom. The molecular weight excluding hydrogens is 219 g/mol. The van der Waals surface area contributed by atoms with Crippen LogP contribution >= 0.6 is 0 Å². The second-order valence-corrected chi connectivity index (χ2v) is 3.57. The maximum absolute atomic E-state index is 8.92. The number of aryl methyl sites for hydroxylation is 2. The van der Waals surface area contributed by atoms with Crippen LogP contribution in [-0.2, 0) is 0 Å². The van der Waals surface area contributed by atoms with Gasteiger partial charge >= 0.3 is 0 Å². The topological polar surface area (TPSA) is 40.5 Å². The normalized spacial score (nSPS) is 8.59. The third-order valence-corrected chi connectivity index (χ3v) is 2.23. The Balaban J connectivity index is 0.000000284. The Hall–Kier alpha value is -2.03. The van der Waals surface area contributed by atoms with Crippen LogP contribution in [0.4, 0.5) is 4.70 Å². The standard InChI is InChI=1S/2C7H8O.FH/c2*1-6-4-2-3-5-7(6)8;/h2*2-5,8H,1H3;1H. The van der Waals surface area contributed by atoms with Crippen LogP contribution in [0.3, 0.4) is 0 Å². The summed E-state index contributed by atoms with van der Waals surface area (Å²) in [6, 6.07) is 14.5. The molecule has 0 bridgehead atoms. The van der Waals surface area contributed by atoms with Crippen molar-refractivity contribution in [2.75, 3.05) is 0 Å². The van der Waals surface area contributed by atoms with Gasteiger partial charge in [0.15, 0.2) is 0 Å². The van der Waals surface area contributed by atoms with Gasteiger partial charge in [-0.1, -0.05) is 36.4 Å². The van der Waals surface area contributed by atoms with Crippen molar-refractivity contribution in [2.24, 2.45) is 0 Å². The van der Waals surface area contributed by atoms with E-state index in [0.29, 0.717) is 11.5 Å². The Morgan fingerprint density at radius 2 is 0.941 bits per heavy atom. The molecule has 2 aromatic rings. The lowest BCUT2D eigenvalue weighted by Crippen LogP contribution is -1.68. The summed E-state index contributed by atoms with van der Waals surface area (Å²) in [4.78, 5) is 0. The summed E-state index contributed by atoms with van der Waals surface area (Å²) < 4.78 is 0. The van der Waals surface area contributed by atoms with Crippen molar-refractivity contribution < 1.29 is 14.9 Å². The van der Waals surface area contributed by atoms with E-state index in [1.165, 1.54) is 0 Å². The zero-order chi connectivity index (χ0) is 12.0. The molecule has 0 aliphatic heterocycles. The SMILES string of the molecule is Cc1ccccc1O.Cc1ccccc1O.F. The minimum atomic E-state index is 0. The highest BCUT2D eigenvalue weighted by atomic mass is 19.0. The van der Waals surface area contributed by atoms with Gasteiger partial charge in [0, 0.05) is 0 Å². The first-order valence-electron chi connectivity index (χ1n) is 5.10. The van der Waals surface area contributed by atoms with Crippen LogP contribution in [-0.4, -0.2) is 10.2 Å². The monoisotopic (exact) mass is 236 g/mol. The van der Waals surface area contributed by atoms with E-state index >= 15 is 0 Å². The van der Waals surface area contributed by atoms with Gasteiger partial charge in [0.1, 0.15) is 11.5 Å². The first-order chi connectivity index (χ1) is 7.61. The highest BCUT2D eigenvalue weighted by Gasteiger charge is 1.87. The smallest absolute Gasteiger partial charge is 0.118 e. The maximum atomic E-state index is 8.92. The average Bonchev–Trinajstić information content (AvgIpc) is 2.28. The second-order valence-electron chi connectivity index (χ2n) is 3.57.